The first-order chi connectivity index (χ1) is 8.49. The highest BCUT2D eigenvalue weighted by molar-refractivity contribution is 5.55. The van der Waals surface area contributed by atoms with E-state index in [1.807, 2.05) is 19.1 Å². The minimum Gasteiger partial charge on any atom is -0.371 e. The fraction of sp³-hybridized carbons (Fsp3) is 0.538. The number of aryl methyl sites for hydroxylation is 1. The zero-order chi connectivity index (χ0) is 13.3. The predicted octanol–water partition coefficient (Wildman–Crippen LogP) is 2.08. The summed E-state index contributed by atoms with van der Waals surface area (Å²) in [6.07, 6.45) is 1.09. The summed E-state index contributed by atoms with van der Waals surface area (Å²) in [6.45, 7) is 5.73. The third-order valence-corrected chi connectivity index (χ3v) is 3.71. The third kappa shape index (κ3) is 2.46. The van der Waals surface area contributed by atoms with E-state index in [0.29, 0.717) is 11.5 Å². The normalized spacial score (nSPS) is 21.1. The molecule has 1 aliphatic heterocycles. The van der Waals surface area contributed by atoms with E-state index >= 15 is 0 Å². The number of nitro groups is 1. The average Bonchev–Trinajstić information content (AvgIpc) is 2.77. The molecule has 1 aromatic rings. The zero-order valence-electron chi connectivity index (χ0n) is 10.8. The van der Waals surface area contributed by atoms with Crippen LogP contribution in [0, 0.1) is 23.0 Å². The fourth-order valence-corrected chi connectivity index (χ4v) is 2.49. The molecule has 5 nitrogen and oxygen atoms in total. The Bertz CT molecular complexity index is 460. The Kier molecular flexibility index (Phi) is 3.52. The number of rotatable bonds is 3. The Morgan fingerprint density at radius 2 is 2.28 bits per heavy atom. The molecule has 0 spiro atoms. The van der Waals surface area contributed by atoms with E-state index in [0.717, 1.165) is 25.2 Å². The number of hydrogen-bond donors (Lipinski definition) is 1. The monoisotopic (exact) mass is 249 g/mol. The standard InChI is InChI=1S/C13H19N3O2/c1-9-7-12(3-4-13(9)16(17)18)15-6-5-11(8-15)10(2)14/h3-4,7,10-11H,5-6,8,14H2,1-2H3. The van der Waals surface area contributed by atoms with Crippen LogP contribution < -0.4 is 10.6 Å². The van der Waals surface area contributed by atoms with Gasteiger partial charge in [-0.05, 0) is 38.3 Å². The highest BCUT2D eigenvalue weighted by Crippen LogP contribution is 2.29. The largest absolute Gasteiger partial charge is 0.371 e. The molecule has 1 aliphatic rings. The van der Waals surface area contributed by atoms with Crippen molar-refractivity contribution in [1.82, 2.24) is 0 Å². The highest BCUT2D eigenvalue weighted by Gasteiger charge is 2.26. The second-order valence-corrected chi connectivity index (χ2v) is 5.08. The maximum atomic E-state index is 10.8. The van der Waals surface area contributed by atoms with Gasteiger partial charge in [0.25, 0.3) is 5.69 Å². The van der Waals surface area contributed by atoms with Crippen molar-refractivity contribution in [3.63, 3.8) is 0 Å². The Morgan fingerprint density at radius 3 is 2.78 bits per heavy atom. The van der Waals surface area contributed by atoms with Crippen LogP contribution in [0.3, 0.4) is 0 Å². The molecule has 2 atom stereocenters. The summed E-state index contributed by atoms with van der Waals surface area (Å²) >= 11 is 0. The highest BCUT2D eigenvalue weighted by atomic mass is 16.6. The van der Waals surface area contributed by atoms with Crippen molar-refractivity contribution in [2.24, 2.45) is 11.7 Å². The van der Waals surface area contributed by atoms with E-state index in [2.05, 4.69) is 4.90 Å². The molecule has 5 heteroatoms. The molecule has 0 radical (unpaired) electrons. The van der Waals surface area contributed by atoms with E-state index in [1.54, 1.807) is 13.0 Å². The topological polar surface area (TPSA) is 72.4 Å². The van der Waals surface area contributed by atoms with Gasteiger partial charge in [-0.3, -0.25) is 10.1 Å². The summed E-state index contributed by atoms with van der Waals surface area (Å²) in [7, 11) is 0. The van der Waals surface area contributed by atoms with E-state index in [-0.39, 0.29) is 16.7 Å². The van der Waals surface area contributed by atoms with Crippen LogP contribution in [-0.2, 0) is 0 Å². The second-order valence-electron chi connectivity index (χ2n) is 5.08. The summed E-state index contributed by atoms with van der Waals surface area (Å²) in [4.78, 5) is 12.7. The SMILES string of the molecule is Cc1cc(N2CCC(C(C)N)C2)ccc1[N+](=O)[O-]. The summed E-state index contributed by atoms with van der Waals surface area (Å²) in [5.74, 6) is 0.514. The Labute approximate surface area is 107 Å². The lowest BCUT2D eigenvalue weighted by Gasteiger charge is -2.20. The van der Waals surface area contributed by atoms with Crippen LogP contribution in [0.4, 0.5) is 11.4 Å². The summed E-state index contributed by atoms with van der Waals surface area (Å²) in [6, 6.07) is 5.51. The molecule has 1 saturated heterocycles. The molecular weight excluding hydrogens is 230 g/mol. The molecule has 1 fully saturated rings. The van der Waals surface area contributed by atoms with Gasteiger partial charge in [-0.1, -0.05) is 0 Å². The molecule has 0 bridgehead atoms. The predicted molar refractivity (Wildman–Crippen MR) is 71.8 cm³/mol. The third-order valence-electron chi connectivity index (χ3n) is 3.71. The first-order valence-corrected chi connectivity index (χ1v) is 6.24. The lowest BCUT2D eigenvalue weighted by atomic mass is 10.0. The molecule has 2 N–H and O–H groups in total. The van der Waals surface area contributed by atoms with Crippen molar-refractivity contribution in [3.8, 4) is 0 Å². The molecular formula is C13H19N3O2. The smallest absolute Gasteiger partial charge is 0.272 e. The van der Waals surface area contributed by atoms with Crippen LogP contribution >= 0.6 is 0 Å². The van der Waals surface area contributed by atoms with E-state index in [9.17, 15) is 10.1 Å². The van der Waals surface area contributed by atoms with Gasteiger partial charge in [-0.2, -0.15) is 0 Å². The number of anilines is 1. The second kappa shape index (κ2) is 4.94. The lowest BCUT2D eigenvalue weighted by Crippen LogP contribution is -2.29. The first kappa shape index (κ1) is 12.8. The minimum atomic E-state index is -0.339. The summed E-state index contributed by atoms with van der Waals surface area (Å²) < 4.78 is 0. The van der Waals surface area contributed by atoms with Gasteiger partial charge >= 0.3 is 0 Å². The molecule has 0 saturated carbocycles. The van der Waals surface area contributed by atoms with Crippen LogP contribution in [0.15, 0.2) is 18.2 Å². The molecule has 0 aliphatic carbocycles. The van der Waals surface area contributed by atoms with E-state index in [4.69, 9.17) is 5.73 Å². The van der Waals surface area contributed by atoms with Crippen molar-refractivity contribution in [3.05, 3.63) is 33.9 Å². The number of nitro benzene ring substituents is 1. The maximum Gasteiger partial charge on any atom is 0.272 e. The van der Waals surface area contributed by atoms with Gasteiger partial charge in [0.15, 0.2) is 0 Å². The molecule has 98 valence electrons. The van der Waals surface area contributed by atoms with Crippen molar-refractivity contribution in [2.45, 2.75) is 26.3 Å². The minimum absolute atomic E-state index is 0.182. The zero-order valence-corrected chi connectivity index (χ0v) is 10.8. The van der Waals surface area contributed by atoms with Gasteiger partial charge in [0.05, 0.1) is 4.92 Å². The molecule has 18 heavy (non-hydrogen) atoms. The Morgan fingerprint density at radius 1 is 1.56 bits per heavy atom. The first-order valence-electron chi connectivity index (χ1n) is 6.24. The van der Waals surface area contributed by atoms with Gasteiger partial charge in [0.1, 0.15) is 0 Å². The molecule has 0 aromatic heterocycles. The van der Waals surface area contributed by atoms with E-state index < -0.39 is 0 Å². The van der Waals surface area contributed by atoms with Gasteiger partial charge in [-0.25, -0.2) is 0 Å². The molecule has 0 amide bonds. The van der Waals surface area contributed by atoms with Gasteiger partial charge < -0.3 is 10.6 Å². The number of nitrogens with zero attached hydrogens (tertiary/aromatic N) is 2. The van der Waals surface area contributed by atoms with Crippen LogP contribution in [0.1, 0.15) is 18.9 Å². The van der Waals surface area contributed by atoms with E-state index in [1.165, 1.54) is 0 Å². The average molecular weight is 249 g/mol. The molecule has 1 heterocycles. The van der Waals surface area contributed by atoms with Crippen LogP contribution in [-0.4, -0.2) is 24.1 Å². The van der Waals surface area contributed by atoms with Crippen molar-refractivity contribution in [1.29, 1.82) is 0 Å². The number of nitrogens with two attached hydrogens (primary N) is 1. The van der Waals surface area contributed by atoms with Crippen LogP contribution in [0.2, 0.25) is 0 Å². The number of benzene rings is 1. The van der Waals surface area contributed by atoms with Crippen LogP contribution in [0.25, 0.3) is 0 Å². The van der Waals surface area contributed by atoms with Gasteiger partial charge in [-0.15, -0.1) is 0 Å². The lowest BCUT2D eigenvalue weighted by molar-refractivity contribution is -0.385. The van der Waals surface area contributed by atoms with Gasteiger partial charge in [0.2, 0.25) is 0 Å². The van der Waals surface area contributed by atoms with Crippen LogP contribution in [0.5, 0.6) is 0 Å². The quantitative estimate of drug-likeness (QED) is 0.657. The molecule has 2 rings (SSSR count). The van der Waals surface area contributed by atoms with Crippen molar-refractivity contribution in [2.75, 3.05) is 18.0 Å². The fourth-order valence-electron chi connectivity index (χ4n) is 2.49. The summed E-state index contributed by atoms with van der Waals surface area (Å²) in [5, 5.41) is 10.8. The van der Waals surface area contributed by atoms with Gasteiger partial charge in [0, 0.05) is 36.4 Å². The number of hydrogen-bond acceptors (Lipinski definition) is 4. The summed E-state index contributed by atoms with van der Waals surface area (Å²) in [5.41, 5.74) is 7.86. The molecule has 2 unspecified atom stereocenters. The van der Waals surface area contributed by atoms with Crippen molar-refractivity contribution >= 4 is 11.4 Å². The van der Waals surface area contributed by atoms with Crippen molar-refractivity contribution < 1.29 is 4.92 Å². The Hall–Kier alpha value is -1.62. The maximum absolute atomic E-state index is 10.8. The molecule has 1 aromatic carbocycles. The Balaban J connectivity index is 2.16.